The molecule has 0 aromatic heterocycles. The molecular formula is C11H14ClIN2. The first kappa shape index (κ1) is 13.0. The number of benzene rings is 1. The molecule has 0 aliphatic heterocycles. The first-order chi connectivity index (χ1) is 7.04. The number of hydrogen-bond donors (Lipinski definition) is 2. The number of allylic oxidation sites excluding steroid dienone is 1. The van der Waals surface area contributed by atoms with E-state index >= 15 is 0 Å². The van der Waals surface area contributed by atoms with E-state index in [1.165, 1.54) is 5.57 Å². The Morgan fingerprint density at radius 2 is 2.20 bits per heavy atom. The number of hydrazine groups is 1. The second-order valence-corrected chi connectivity index (χ2v) is 5.15. The summed E-state index contributed by atoms with van der Waals surface area (Å²) in [5.41, 5.74) is 5.10. The predicted molar refractivity (Wildman–Crippen MR) is 73.7 cm³/mol. The fourth-order valence-electron chi connectivity index (χ4n) is 1.31. The third-order valence-corrected chi connectivity index (χ3v) is 3.19. The second kappa shape index (κ2) is 5.84. The highest BCUT2D eigenvalue weighted by molar-refractivity contribution is 14.1. The van der Waals surface area contributed by atoms with Gasteiger partial charge in [0.05, 0.1) is 6.04 Å². The van der Waals surface area contributed by atoms with Gasteiger partial charge in [0, 0.05) is 8.59 Å². The number of nitrogens with two attached hydrogens (primary N) is 1. The summed E-state index contributed by atoms with van der Waals surface area (Å²) in [5.74, 6) is 5.53. The molecule has 0 fully saturated rings. The Balaban J connectivity index is 3.11. The second-order valence-electron chi connectivity index (χ2n) is 3.55. The van der Waals surface area contributed by atoms with Gasteiger partial charge in [-0.3, -0.25) is 5.84 Å². The van der Waals surface area contributed by atoms with E-state index in [0.717, 1.165) is 14.2 Å². The van der Waals surface area contributed by atoms with Gasteiger partial charge in [-0.15, -0.1) is 0 Å². The van der Waals surface area contributed by atoms with Crippen molar-refractivity contribution in [2.45, 2.75) is 19.9 Å². The summed E-state index contributed by atoms with van der Waals surface area (Å²) < 4.78 is 1.15. The summed E-state index contributed by atoms with van der Waals surface area (Å²) in [7, 11) is 0. The molecule has 0 amide bonds. The molecule has 4 heteroatoms. The van der Waals surface area contributed by atoms with Crippen molar-refractivity contribution in [2.75, 3.05) is 0 Å². The number of nitrogens with one attached hydrogen (secondary N) is 1. The normalized spacial score (nSPS) is 12.3. The van der Waals surface area contributed by atoms with E-state index in [4.69, 9.17) is 17.4 Å². The molecule has 82 valence electrons. The van der Waals surface area contributed by atoms with Crippen LogP contribution in [0.25, 0.3) is 0 Å². The average molecular weight is 337 g/mol. The molecule has 0 saturated heterocycles. The fourth-order valence-corrected chi connectivity index (χ4v) is 2.17. The van der Waals surface area contributed by atoms with Crippen LogP contribution in [0, 0.1) is 3.57 Å². The number of halogens is 2. The van der Waals surface area contributed by atoms with Gasteiger partial charge < -0.3 is 0 Å². The smallest absolute Gasteiger partial charge is 0.0654 e. The predicted octanol–water partition coefficient (Wildman–Crippen LogP) is 3.42. The summed E-state index contributed by atoms with van der Waals surface area (Å²) in [5, 5.41) is 0.729. The first-order valence-electron chi connectivity index (χ1n) is 4.60. The molecule has 15 heavy (non-hydrogen) atoms. The zero-order chi connectivity index (χ0) is 11.4. The molecule has 0 aliphatic rings. The highest BCUT2D eigenvalue weighted by Crippen LogP contribution is 2.25. The van der Waals surface area contributed by atoms with Crippen LogP contribution >= 0.6 is 34.2 Å². The van der Waals surface area contributed by atoms with Crippen molar-refractivity contribution in [3.63, 3.8) is 0 Å². The largest absolute Gasteiger partial charge is 0.271 e. The molecular weight excluding hydrogens is 322 g/mol. The van der Waals surface area contributed by atoms with Crippen molar-refractivity contribution < 1.29 is 0 Å². The lowest BCUT2D eigenvalue weighted by Crippen LogP contribution is -2.27. The summed E-state index contributed by atoms with van der Waals surface area (Å²) in [6, 6.07) is 5.82. The maximum absolute atomic E-state index is 5.96. The lowest BCUT2D eigenvalue weighted by atomic mass is 10.1. The van der Waals surface area contributed by atoms with E-state index in [0.29, 0.717) is 0 Å². The molecule has 0 spiro atoms. The molecule has 1 atom stereocenters. The van der Waals surface area contributed by atoms with Crippen LogP contribution in [0.3, 0.4) is 0 Å². The molecule has 0 bridgehead atoms. The van der Waals surface area contributed by atoms with Gasteiger partial charge in [0.2, 0.25) is 0 Å². The van der Waals surface area contributed by atoms with Crippen LogP contribution in [0.15, 0.2) is 29.8 Å². The first-order valence-corrected chi connectivity index (χ1v) is 6.06. The molecule has 1 unspecified atom stereocenters. The van der Waals surface area contributed by atoms with Gasteiger partial charge in [-0.2, -0.15) is 0 Å². The molecule has 1 aromatic carbocycles. The van der Waals surface area contributed by atoms with Crippen LogP contribution in [0.2, 0.25) is 5.02 Å². The monoisotopic (exact) mass is 336 g/mol. The Bertz CT molecular complexity index is 373. The maximum Gasteiger partial charge on any atom is 0.0654 e. The van der Waals surface area contributed by atoms with Gasteiger partial charge in [0.25, 0.3) is 0 Å². The van der Waals surface area contributed by atoms with Crippen molar-refractivity contribution in [2.24, 2.45) is 5.84 Å². The minimum atomic E-state index is 0.0144. The highest BCUT2D eigenvalue weighted by atomic mass is 127. The fraction of sp³-hybridized carbons (Fsp3) is 0.273. The summed E-state index contributed by atoms with van der Waals surface area (Å²) in [6.45, 7) is 4.09. The Morgan fingerprint density at radius 1 is 1.53 bits per heavy atom. The molecule has 0 heterocycles. The van der Waals surface area contributed by atoms with Crippen LogP contribution in [-0.4, -0.2) is 0 Å². The topological polar surface area (TPSA) is 38.0 Å². The Labute approximate surface area is 109 Å². The highest BCUT2D eigenvalue weighted by Gasteiger charge is 2.10. The minimum Gasteiger partial charge on any atom is -0.271 e. The van der Waals surface area contributed by atoms with Gasteiger partial charge in [0.1, 0.15) is 0 Å². The quantitative estimate of drug-likeness (QED) is 0.384. The summed E-state index contributed by atoms with van der Waals surface area (Å²) in [6.07, 6.45) is 2.08. The van der Waals surface area contributed by atoms with Crippen LogP contribution in [0.4, 0.5) is 0 Å². The Kier molecular flexibility index (Phi) is 5.05. The molecule has 0 saturated carbocycles. The van der Waals surface area contributed by atoms with Gasteiger partial charge in [-0.05, 0) is 60.2 Å². The van der Waals surface area contributed by atoms with Crippen LogP contribution in [0.5, 0.6) is 0 Å². The van der Waals surface area contributed by atoms with E-state index in [2.05, 4.69) is 34.1 Å². The van der Waals surface area contributed by atoms with Gasteiger partial charge in [-0.25, -0.2) is 5.43 Å². The van der Waals surface area contributed by atoms with Crippen LogP contribution in [0.1, 0.15) is 25.5 Å². The molecule has 0 aliphatic carbocycles. The lowest BCUT2D eigenvalue weighted by molar-refractivity contribution is 0.649. The van der Waals surface area contributed by atoms with E-state index in [1.54, 1.807) is 0 Å². The van der Waals surface area contributed by atoms with Crippen molar-refractivity contribution in [3.8, 4) is 0 Å². The minimum absolute atomic E-state index is 0.0144. The number of rotatable bonds is 3. The SMILES string of the molecule is CC(C)=CC(NN)c1cc(Cl)ccc1I. The summed E-state index contributed by atoms with van der Waals surface area (Å²) in [4.78, 5) is 0. The molecule has 1 rings (SSSR count). The maximum atomic E-state index is 5.96. The van der Waals surface area contributed by atoms with E-state index in [1.807, 2.05) is 32.0 Å². The zero-order valence-corrected chi connectivity index (χ0v) is 11.6. The molecule has 2 nitrogen and oxygen atoms in total. The molecule has 3 N–H and O–H groups in total. The Hall–Kier alpha value is -0.100. The van der Waals surface area contributed by atoms with Gasteiger partial charge >= 0.3 is 0 Å². The van der Waals surface area contributed by atoms with Gasteiger partial charge in [-0.1, -0.05) is 23.3 Å². The standard InChI is InChI=1S/C11H14ClIN2/c1-7(2)5-11(15-14)9-6-8(12)3-4-10(9)13/h3-6,11,15H,14H2,1-2H3. The van der Waals surface area contributed by atoms with Crippen LogP contribution in [-0.2, 0) is 0 Å². The number of hydrogen-bond acceptors (Lipinski definition) is 2. The lowest BCUT2D eigenvalue weighted by Gasteiger charge is -2.15. The average Bonchev–Trinajstić information content (AvgIpc) is 2.18. The third-order valence-electron chi connectivity index (χ3n) is 1.97. The third kappa shape index (κ3) is 3.75. The van der Waals surface area contributed by atoms with E-state index < -0.39 is 0 Å². The van der Waals surface area contributed by atoms with E-state index in [-0.39, 0.29) is 6.04 Å². The van der Waals surface area contributed by atoms with Crippen molar-refractivity contribution in [3.05, 3.63) is 44.0 Å². The van der Waals surface area contributed by atoms with Gasteiger partial charge in [0.15, 0.2) is 0 Å². The molecule has 0 radical (unpaired) electrons. The van der Waals surface area contributed by atoms with E-state index in [9.17, 15) is 0 Å². The van der Waals surface area contributed by atoms with Crippen LogP contribution < -0.4 is 11.3 Å². The van der Waals surface area contributed by atoms with Crippen molar-refractivity contribution in [1.29, 1.82) is 0 Å². The summed E-state index contributed by atoms with van der Waals surface area (Å²) >= 11 is 8.24. The Morgan fingerprint density at radius 3 is 2.73 bits per heavy atom. The molecule has 1 aromatic rings. The zero-order valence-electron chi connectivity index (χ0n) is 8.72. The van der Waals surface area contributed by atoms with Crippen molar-refractivity contribution >= 4 is 34.2 Å². The van der Waals surface area contributed by atoms with Crippen molar-refractivity contribution in [1.82, 2.24) is 5.43 Å².